The fourth-order valence-corrected chi connectivity index (χ4v) is 4.35. The molecule has 224 valence electrons. The van der Waals surface area contributed by atoms with Crippen LogP contribution in [0.1, 0.15) is 81.3 Å². The van der Waals surface area contributed by atoms with E-state index in [1.807, 2.05) is 13.0 Å². The number of aromatic nitrogens is 2. The maximum absolute atomic E-state index is 13.6. The second kappa shape index (κ2) is 16.2. The third-order valence-corrected chi connectivity index (χ3v) is 6.70. The number of aliphatic hydroxyl groups excluding tert-OH is 1. The van der Waals surface area contributed by atoms with Crippen molar-refractivity contribution in [1.29, 1.82) is 0 Å². The summed E-state index contributed by atoms with van der Waals surface area (Å²) in [5.74, 6) is -5.76. The minimum Gasteiger partial charge on any atom is -0.393 e. The number of unbranched alkanes of at least 4 members (excludes halogenated alkanes) is 1. The van der Waals surface area contributed by atoms with Gasteiger partial charge in [-0.2, -0.15) is 8.78 Å². The van der Waals surface area contributed by atoms with Crippen LogP contribution in [-0.2, 0) is 23.1 Å². The van der Waals surface area contributed by atoms with Crippen LogP contribution in [0.25, 0.3) is 11.1 Å². The predicted molar refractivity (Wildman–Crippen MR) is 155 cm³/mol. The summed E-state index contributed by atoms with van der Waals surface area (Å²) in [4.78, 5) is 18.0. The highest BCUT2D eigenvalue weighted by atomic mass is 19.3. The predicted octanol–water partition coefficient (Wildman–Crippen LogP) is 8.24. The van der Waals surface area contributed by atoms with E-state index >= 15 is 0 Å². The molecule has 2 heterocycles. The molecule has 1 fully saturated rings. The van der Waals surface area contributed by atoms with Gasteiger partial charge in [-0.25, -0.2) is 8.78 Å². The molecule has 0 spiro atoms. The largest absolute Gasteiger partial charge is 0.393 e. The van der Waals surface area contributed by atoms with E-state index in [2.05, 4.69) is 15.3 Å². The minimum absolute atomic E-state index is 0.0164. The first kappa shape index (κ1) is 33.9. The second-order valence-corrected chi connectivity index (χ2v) is 10.3. The van der Waals surface area contributed by atoms with Gasteiger partial charge in [0.25, 0.3) is 11.8 Å². The number of aliphatic hydroxyl groups is 1. The van der Waals surface area contributed by atoms with Crippen LogP contribution >= 0.6 is 0 Å². The average Bonchev–Trinajstić information content (AvgIpc) is 2.94. The second-order valence-electron chi connectivity index (χ2n) is 10.3. The molecule has 4 rings (SSSR count). The Hall–Kier alpha value is -3.33. The van der Waals surface area contributed by atoms with Crippen molar-refractivity contribution >= 4 is 12.0 Å². The number of hydrogen-bond donors (Lipinski definition) is 2. The topological polar surface area (TPSA) is 75.1 Å². The molecule has 1 aliphatic rings. The number of carbonyl (C=O) groups is 1. The van der Waals surface area contributed by atoms with E-state index in [4.69, 9.17) is 5.11 Å². The molecule has 1 aliphatic carbocycles. The van der Waals surface area contributed by atoms with Crippen molar-refractivity contribution in [2.24, 2.45) is 0 Å². The van der Waals surface area contributed by atoms with Gasteiger partial charge in [-0.05, 0) is 55.9 Å². The zero-order valence-corrected chi connectivity index (χ0v) is 24.3. The molecule has 5 nitrogen and oxygen atoms in total. The lowest BCUT2D eigenvalue weighted by Gasteiger charge is -2.16. The van der Waals surface area contributed by atoms with Crippen molar-refractivity contribution in [3.63, 3.8) is 0 Å². The molecular weight excluding hydrogens is 534 g/mol. The highest BCUT2D eigenvalue weighted by Crippen LogP contribution is 2.36. The van der Waals surface area contributed by atoms with E-state index < -0.39 is 11.8 Å². The molecule has 0 unspecified atom stereocenters. The molecule has 2 N–H and O–H groups in total. The van der Waals surface area contributed by atoms with E-state index in [0.29, 0.717) is 24.0 Å². The summed E-state index contributed by atoms with van der Waals surface area (Å²) in [6.07, 6.45) is 11.8. The van der Waals surface area contributed by atoms with Crippen LogP contribution in [-0.4, -0.2) is 34.5 Å². The smallest absolute Gasteiger partial charge is 0.286 e. The molecule has 0 saturated heterocycles. The number of hydrogen-bond acceptors (Lipinski definition) is 5. The summed E-state index contributed by atoms with van der Waals surface area (Å²) < 4.78 is 52.8. The highest BCUT2D eigenvalue weighted by molar-refractivity contribution is 5.71. The number of aldehydes is 1. The Morgan fingerprint density at radius 2 is 1.66 bits per heavy atom. The first-order chi connectivity index (χ1) is 19.4. The Kier molecular flexibility index (Phi) is 13.4. The van der Waals surface area contributed by atoms with Crippen LogP contribution in [0.3, 0.4) is 0 Å². The lowest BCUT2D eigenvalue weighted by Crippen LogP contribution is -2.09. The van der Waals surface area contributed by atoms with Crippen molar-refractivity contribution < 1.29 is 27.5 Å². The number of carbonyl (C=O) groups excluding carboxylic acids is 1. The molecule has 0 bridgehead atoms. The zero-order valence-electron chi connectivity index (χ0n) is 24.3. The fourth-order valence-electron chi connectivity index (χ4n) is 4.35. The summed E-state index contributed by atoms with van der Waals surface area (Å²) in [6, 6.07) is 11.3. The van der Waals surface area contributed by atoms with Crippen LogP contribution in [0.2, 0.25) is 0 Å². The number of benzene rings is 1. The SMILES string of the molecule is CC(F)(F)c1ccc(CCCC=O)cn1.CNc1cc(-c2ccccc2C(C)(F)F)cnc1C.OC1CCCCC1. The van der Waals surface area contributed by atoms with Crippen LogP contribution in [0.4, 0.5) is 23.2 Å². The van der Waals surface area contributed by atoms with E-state index in [1.165, 1.54) is 37.6 Å². The number of halogens is 4. The Balaban J connectivity index is 0.000000237. The Morgan fingerprint density at radius 3 is 2.17 bits per heavy atom. The molecule has 0 radical (unpaired) electrons. The third kappa shape index (κ3) is 11.6. The Morgan fingerprint density at radius 1 is 0.976 bits per heavy atom. The molecule has 41 heavy (non-hydrogen) atoms. The van der Waals surface area contributed by atoms with Crippen molar-refractivity contribution in [3.05, 3.63) is 77.4 Å². The Bertz CT molecular complexity index is 1200. The normalized spacial score (nSPS) is 13.8. The number of nitrogens with zero attached hydrogens (tertiary/aromatic N) is 2. The lowest BCUT2D eigenvalue weighted by atomic mass is 9.97. The lowest BCUT2D eigenvalue weighted by molar-refractivity contribution is -0.107. The average molecular weight is 576 g/mol. The molecule has 1 aromatic carbocycles. The van der Waals surface area contributed by atoms with Gasteiger partial charge >= 0.3 is 0 Å². The van der Waals surface area contributed by atoms with Gasteiger partial charge in [0.05, 0.1) is 17.5 Å². The number of rotatable bonds is 8. The maximum atomic E-state index is 13.6. The van der Waals surface area contributed by atoms with Crippen molar-refractivity contribution in [2.45, 2.75) is 90.1 Å². The molecule has 2 aromatic heterocycles. The number of pyridine rings is 2. The quantitative estimate of drug-likeness (QED) is 0.161. The minimum atomic E-state index is -2.89. The molecule has 1 saturated carbocycles. The standard InChI is InChI=1S/C15H16F2N2.C11H13F2NO.C6H12O/c1-10-14(18-3)8-11(9-19-10)12-6-4-5-7-13(12)15(2,16)17;1-11(12,13)10-6-5-9(8-14-10)4-2-3-7-15;7-6-4-2-1-3-5-6/h4-9,18H,1-3H3;5-8H,2-4H2,1H3;6-7H,1-5H2. The summed E-state index contributed by atoms with van der Waals surface area (Å²) in [5.41, 5.74) is 3.55. The molecular formula is C32H41F4N3O2. The van der Waals surface area contributed by atoms with Crippen LogP contribution < -0.4 is 5.32 Å². The van der Waals surface area contributed by atoms with E-state index in [0.717, 1.165) is 56.3 Å². The summed E-state index contributed by atoms with van der Waals surface area (Å²) in [6.45, 7) is 3.60. The molecule has 0 aliphatic heterocycles. The van der Waals surface area contributed by atoms with Gasteiger partial charge in [0, 0.05) is 50.8 Å². The first-order valence-electron chi connectivity index (χ1n) is 13.9. The first-order valence-corrected chi connectivity index (χ1v) is 13.9. The summed E-state index contributed by atoms with van der Waals surface area (Å²) in [5, 5.41) is 11.9. The third-order valence-electron chi connectivity index (χ3n) is 6.70. The number of anilines is 1. The fraction of sp³-hybridized carbons (Fsp3) is 0.469. The summed E-state index contributed by atoms with van der Waals surface area (Å²) >= 11 is 0. The van der Waals surface area contributed by atoms with Gasteiger partial charge in [0.15, 0.2) is 0 Å². The highest BCUT2D eigenvalue weighted by Gasteiger charge is 2.28. The number of nitrogens with one attached hydrogen (secondary N) is 1. The van der Waals surface area contributed by atoms with Gasteiger partial charge in [-0.1, -0.05) is 49.6 Å². The van der Waals surface area contributed by atoms with E-state index in [9.17, 15) is 22.4 Å². The summed E-state index contributed by atoms with van der Waals surface area (Å²) in [7, 11) is 1.79. The van der Waals surface area contributed by atoms with Crippen molar-refractivity contribution in [2.75, 3.05) is 12.4 Å². The van der Waals surface area contributed by atoms with Gasteiger partial charge in [-0.15, -0.1) is 0 Å². The van der Waals surface area contributed by atoms with Crippen LogP contribution in [0, 0.1) is 6.92 Å². The Labute approximate surface area is 240 Å². The van der Waals surface area contributed by atoms with Gasteiger partial charge in [-0.3, -0.25) is 9.97 Å². The monoisotopic (exact) mass is 575 g/mol. The maximum Gasteiger partial charge on any atom is 0.286 e. The molecule has 0 amide bonds. The zero-order chi connectivity index (χ0) is 30.5. The number of aryl methyl sites for hydroxylation is 2. The number of alkyl halides is 4. The van der Waals surface area contributed by atoms with Gasteiger partial charge < -0.3 is 15.2 Å². The van der Waals surface area contributed by atoms with E-state index in [-0.39, 0.29) is 17.4 Å². The van der Waals surface area contributed by atoms with E-state index in [1.54, 1.807) is 37.5 Å². The van der Waals surface area contributed by atoms with Crippen molar-refractivity contribution in [3.8, 4) is 11.1 Å². The molecule has 3 aromatic rings. The van der Waals surface area contributed by atoms with Crippen LogP contribution in [0.5, 0.6) is 0 Å². The van der Waals surface area contributed by atoms with Crippen LogP contribution in [0.15, 0.2) is 54.9 Å². The van der Waals surface area contributed by atoms with Crippen molar-refractivity contribution in [1.82, 2.24) is 9.97 Å². The molecule has 0 atom stereocenters. The van der Waals surface area contributed by atoms with Gasteiger partial charge in [0.2, 0.25) is 0 Å². The van der Waals surface area contributed by atoms with Gasteiger partial charge in [0.1, 0.15) is 12.0 Å². The molecule has 9 heteroatoms.